The van der Waals surface area contributed by atoms with Gasteiger partial charge in [-0.05, 0) is 30.0 Å². The molecule has 2 aromatic carbocycles. The summed E-state index contributed by atoms with van der Waals surface area (Å²) in [6.45, 7) is 3.75. The lowest BCUT2D eigenvalue weighted by Gasteiger charge is -2.31. The molecular formula is C22H25N3O3. The molecular weight excluding hydrogens is 354 g/mol. The molecule has 6 heteroatoms. The van der Waals surface area contributed by atoms with Gasteiger partial charge in [0.1, 0.15) is 5.54 Å². The van der Waals surface area contributed by atoms with Crippen molar-refractivity contribution < 1.29 is 14.7 Å². The summed E-state index contributed by atoms with van der Waals surface area (Å²) in [6, 6.07) is 17.0. The molecule has 0 aromatic heterocycles. The van der Waals surface area contributed by atoms with Gasteiger partial charge in [-0.3, -0.25) is 14.6 Å². The van der Waals surface area contributed by atoms with Crippen LogP contribution in [0.1, 0.15) is 23.6 Å². The van der Waals surface area contributed by atoms with E-state index in [1.807, 2.05) is 42.5 Å². The number of urea groups is 1. The fourth-order valence-corrected chi connectivity index (χ4v) is 4.11. The van der Waals surface area contributed by atoms with Crippen LogP contribution in [-0.2, 0) is 23.3 Å². The highest BCUT2D eigenvalue weighted by atomic mass is 16.3. The Balaban J connectivity index is 1.40. The van der Waals surface area contributed by atoms with E-state index in [-0.39, 0.29) is 12.5 Å². The maximum Gasteiger partial charge on any atom is 0.325 e. The normalized spacial score (nSPS) is 23.4. The first kappa shape index (κ1) is 18.7. The third-order valence-electron chi connectivity index (χ3n) is 5.70. The molecule has 2 aromatic rings. The Morgan fingerprint density at radius 1 is 1.04 bits per heavy atom. The molecule has 2 heterocycles. The van der Waals surface area contributed by atoms with Crippen molar-refractivity contribution in [3.05, 3.63) is 71.3 Å². The van der Waals surface area contributed by atoms with Crippen LogP contribution in [0.2, 0.25) is 0 Å². The molecule has 1 saturated heterocycles. The first-order valence-corrected chi connectivity index (χ1v) is 9.64. The van der Waals surface area contributed by atoms with Gasteiger partial charge in [0.2, 0.25) is 0 Å². The molecule has 0 radical (unpaired) electrons. The highest BCUT2D eigenvalue weighted by Crippen LogP contribution is 2.28. The molecule has 0 spiro atoms. The summed E-state index contributed by atoms with van der Waals surface area (Å²) < 4.78 is 0. The lowest BCUT2D eigenvalue weighted by Crippen LogP contribution is -2.45. The fraction of sp³-hybridized carbons (Fsp3) is 0.364. The van der Waals surface area contributed by atoms with E-state index in [0.717, 1.165) is 30.0 Å². The van der Waals surface area contributed by atoms with Crippen molar-refractivity contribution >= 4 is 11.9 Å². The SMILES string of the molecule is CC1(c2ccccc2)NC(=O)N(CC(O)CN2CCc3ccccc3C2)C1=O. The summed E-state index contributed by atoms with van der Waals surface area (Å²) >= 11 is 0. The number of rotatable bonds is 5. The van der Waals surface area contributed by atoms with Crippen molar-refractivity contribution in [2.75, 3.05) is 19.6 Å². The van der Waals surface area contributed by atoms with Gasteiger partial charge in [0.25, 0.3) is 5.91 Å². The zero-order chi connectivity index (χ0) is 19.7. The monoisotopic (exact) mass is 379 g/mol. The Morgan fingerprint density at radius 3 is 2.46 bits per heavy atom. The van der Waals surface area contributed by atoms with Crippen molar-refractivity contribution in [2.45, 2.75) is 31.5 Å². The summed E-state index contributed by atoms with van der Waals surface area (Å²) in [5, 5.41) is 13.4. The number of nitrogens with one attached hydrogen (secondary N) is 1. The lowest BCUT2D eigenvalue weighted by atomic mass is 9.92. The van der Waals surface area contributed by atoms with Crippen LogP contribution in [0.25, 0.3) is 0 Å². The first-order valence-electron chi connectivity index (χ1n) is 9.64. The average molecular weight is 379 g/mol. The summed E-state index contributed by atoms with van der Waals surface area (Å²) in [5.74, 6) is -0.327. The standard InChI is InChI=1S/C22H25N3O3/c1-22(18-9-3-2-4-10-18)20(27)25(21(28)23-22)15-19(26)14-24-12-11-16-7-5-6-8-17(16)13-24/h2-10,19,26H,11-15H2,1H3,(H,23,28). The molecule has 3 amide bonds. The minimum atomic E-state index is -1.10. The van der Waals surface area contributed by atoms with Gasteiger partial charge in [-0.1, -0.05) is 54.6 Å². The van der Waals surface area contributed by atoms with Crippen LogP contribution in [0, 0.1) is 0 Å². The average Bonchev–Trinajstić information content (AvgIpc) is 2.92. The van der Waals surface area contributed by atoms with Crippen molar-refractivity contribution in [1.82, 2.24) is 15.1 Å². The number of carbonyl (C=O) groups is 2. The molecule has 2 atom stereocenters. The van der Waals surface area contributed by atoms with E-state index in [4.69, 9.17) is 0 Å². The van der Waals surface area contributed by atoms with Crippen LogP contribution in [0.3, 0.4) is 0 Å². The number of carbonyl (C=O) groups excluding carboxylic acids is 2. The second-order valence-corrected chi connectivity index (χ2v) is 7.74. The first-order chi connectivity index (χ1) is 13.5. The highest BCUT2D eigenvalue weighted by Gasteiger charge is 2.49. The van der Waals surface area contributed by atoms with Gasteiger partial charge in [-0.25, -0.2) is 4.79 Å². The van der Waals surface area contributed by atoms with Gasteiger partial charge in [0.05, 0.1) is 12.6 Å². The largest absolute Gasteiger partial charge is 0.390 e. The lowest BCUT2D eigenvalue weighted by molar-refractivity contribution is -0.132. The zero-order valence-electron chi connectivity index (χ0n) is 16.0. The molecule has 28 heavy (non-hydrogen) atoms. The van der Waals surface area contributed by atoms with Gasteiger partial charge < -0.3 is 10.4 Å². The molecule has 4 rings (SSSR count). The van der Waals surface area contributed by atoms with Gasteiger partial charge in [-0.15, -0.1) is 0 Å². The van der Waals surface area contributed by atoms with E-state index >= 15 is 0 Å². The molecule has 146 valence electrons. The quantitative estimate of drug-likeness (QED) is 0.778. The van der Waals surface area contributed by atoms with E-state index in [1.54, 1.807) is 6.92 Å². The number of hydrogen-bond acceptors (Lipinski definition) is 4. The van der Waals surface area contributed by atoms with Crippen LogP contribution >= 0.6 is 0 Å². The number of hydrogen-bond donors (Lipinski definition) is 2. The molecule has 1 fully saturated rings. The molecule has 2 aliphatic heterocycles. The Kier molecular flexibility index (Phi) is 4.91. The number of benzene rings is 2. The molecule has 0 bridgehead atoms. The number of nitrogens with zero attached hydrogens (tertiary/aromatic N) is 2. The number of fused-ring (bicyclic) bond motifs is 1. The van der Waals surface area contributed by atoms with E-state index in [0.29, 0.717) is 6.54 Å². The predicted octanol–water partition coefficient (Wildman–Crippen LogP) is 1.87. The van der Waals surface area contributed by atoms with Gasteiger partial charge in [0, 0.05) is 19.6 Å². The Bertz CT molecular complexity index is 886. The van der Waals surface area contributed by atoms with E-state index < -0.39 is 17.7 Å². The summed E-state index contributed by atoms with van der Waals surface area (Å²) in [4.78, 5) is 28.7. The zero-order valence-corrected chi connectivity index (χ0v) is 16.0. The van der Waals surface area contributed by atoms with Crippen molar-refractivity contribution in [1.29, 1.82) is 0 Å². The van der Waals surface area contributed by atoms with Gasteiger partial charge in [-0.2, -0.15) is 0 Å². The topological polar surface area (TPSA) is 72.9 Å². The maximum absolute atomic E-state index is 12.9. The smallest absolute Gasteiger partial charge is 0.325 e. The molecule has 0 saturated carbocycles. The Morgan fingerprint density at radius 2 is 1.71 bits per heavy atom. The predicted molar refractivity (Wildman–Crippen MR) is 105 cm³/mol. The number of imide groups is 1. The minimum Gasteiger partial charge on any atom is -0.390 e. The Hall–Kier alpha value is -2.70. The molecule has 6 nitrogen and oxygen atoms in total. The van der Waals surface area contributed by atoms with E-state index in [9.17, 15) is 14.7 Å². The number of aliphatic hydroxyl groups is 1. The number of β-amino-alcohol motifs (C(OH)–C–C–N with tert-alkyl or cyclic N) is 1. The van der Waals surface area contributed by atoms with Crippen LogP contribution in [0.4, 0.5) is 4.79 Å². The van der Waals surface area contributed by atoms with Crippen LogP contribution in [-0.4, -0.2) is 52.6 Å². The fourth-order valence-electron chi connectivity index (χ4n) is 4.11. The number of aliphatic hydroxyl groups excluding tert-OH is 1. The van der Waals surface area contributed by atoms with Crippen molar-refractivity contribution in [3.8, 4) is 0 Å². The molecule has 2 N–H and O–H groups in total. The van der Waals surface area contributed by atoms with Crippen molar-refractivity contribution in [3.63, 3.8) is 0 Å². The second kappa shape index (κ2) is 7.37. The van der Waals surface area contributed by atoms with E-state index in [2.05, 4.69) is 22.3 Å². The van der Waals surface area contributed by atoms with Crippen LogP contribution < -0.4 is 5.32 Å². The number of amides is 3. The van der Waals surface area contributed by atoms with E-state index in [1.165, 1.54) is 11.1 Å². The maximum atomic E-state index is 12.9. The summed E-state index contributed by atoms with van der Waals surface area (Å²) in [7, 11) is 0. The third-order valence-corrected chi connectivity index (χ3v) is 5.70. The van der Waals surface area contributed by atoms with Crippen LogP contribution in [0.15, 0.2) is 54.6 Å². The molecule has 0 aliphatic carbocycles. The van der Waals surface area contributed by atoms with Crippen molar-refractivity contribution in [2.24, 2.45) is 0 Å². The second-order valence-electron chi connectivity index (χ2n) is 7.74. The Labute approximate surface area is 164 Å². The molecule has 2 unspecified atom stereocenters. The summed E-state index contributed by atoms with van der Waals surface area (Å²) in [6.07, 6.45) is 0.149. The minimum absolute atomic E-state index is 0.00869. The van der Waals surface area contributed by atoms with Gasteiger partial charge in [0.15, 0.2) is 0 Å². The third kappa shape index (κ3) is 3.41. The highest BCUT2D eigenvalue weighted by molar-refractivity contribution is 6.07. The summed E-state index contributed by atoms with van der Waals surface area (Å²) in [5.41, 5.74) is 2.26. The molecule has 2 aliphatic rings. The van der Waals surface area contributed by atoms with Crippen LogP contribution in [0.5, 0.6) is 0 Å². The van der Waals surface area contributed by atoms with Gasteiger partial charge >= 0.3 is 6.03 Å².